The van der Waals surface area contributed by atoms with Crippen molar-refractivity contribution in [2.45, 2.75) is 33.1 Å². The fourth-order valence-electron chi connectivity index (χ4n) is 2.76. The van der Waals surface area contributed by atoms with Crippen LogP contribution in [0.4, 0.5) is 5.69 Å². The first-order valence-electron chi connectivity index (χ1n) is 6.77. The summed E-state index contributed by atoms with van der Waals surface area (Å²) in [5.74, 6) is 0.846. The minimum absolute atomic E-state index is 0.158. The van der Waals surface area contributed by atoms with Crippen LogP contribution in [0.2, 0.25) is 0 Å². The molecule has 98 valence electrons. The molecule has 1 saturated heterocycles. The normalized spacial score (nSPS) is 19.2. The second-order valence-electron chi connectivity index (χ2n) is 5.27. The van der Waals surface area contributed by atoms with E-state index in [1.807, 2.05) is 24.0 Å². The number of hydrogen-bond donors (Lipinski definition) is 1. The zero-order chi connectivity index (χ0) is 13.1. The lowest BCUT2D eigenvalue weighted by Crippen LogP contribution is -2.29. The lowest BCUT2D eigenvalue weighted by molar-refractivity contribution is 0.0786. The number of rotatable bonds is 3. The molecule has 1 aromatic carbocycles. The molecule has 1 aliphatic heterocycles. The highest BCUT2D eigenvalue weighted by Crippen LogP contribution is 2.23. The van der Waals surface area contributed by atoms with E-state index in [1.54, 1.807) is 6.07 Å². The molecule has 3 heteroatoms. The van der Waals surface area contributed by atoms with Gasteiger partial charge in [-0.05, 0) is 49.4 Å². The van der Waals surface area contributed by atoms with Gasteiger partial charge in [0, 0.05) is 24.3 Å². The summed E-state index contributed by atoms with van der Waals surface area (Å²) in [5, 5.41) is 0. The summed E-state index contributed by atoms with van der Waals surface area (Å²) in [6, 6.07) is 5.52. The van der Waals surface area contributed by atoms with Crippen LogP contribution in [0, 0.1) is 12.8 Å². The predicted octanol–water partition coefficient (Wildman–Crippen LogP) is 2.84. The molecule has 2 N–H and O–H groups in total. The lowest BCUT2D eigenvalue weighted by Gasteiger charge is -2.18. The maximum Gasteiger partial charge on any atom is 0.254 e. The van der Waals surface area contributed by atoms with E-state index >= 15 is 0 Å². The van der Waals surface area contributed by atoms with Crippen LogP contribution in [0.5, 0.6) is 0 Å². The summed E-state index contributed by atoms with van der Waals surface area (Å²) in [6.07, 6.45) is 3.58. The molecule has 1 atom stereocenters. The van der Waals surface area contributed by atoms with Gasteiger partial charge in [-0.3, -0.25) is 4.79 Å². The third kappa shape index (κ3) is 2.66. The predicted molar refractivity (Wildman–Crippen MR) is 74.5 cm³/mol. The topological polar surface area (TPSA) is 46.3 Å². The molecule has 0 bridgehead atoms. The zero-order valence-corrected chi connectivity index (χ0v) is 11.3. The largest absolute Gasteiger partial charge is 0.399 e. The third-order valence-corrected chi connectivity index (χ3v) is 3.75. The summed E-state index contributed by atoms with van der Waals surface area (Å²) in [7, 11) is 0. The molecular formula is C15H22N2O. The van der Waals surface area contributed by atoms with Crippen molar-refractivity contribution in [1.29, 1.82) is 0 Å². The summed E-state index contributed by atoms with van der Waals surface area (Å²) in [4.78, 5) is 14.4. The molecule has 1 fully saturated rings. The number of nitrogens with zero attached hydrogens (tertiary/aromatic N) is 1. The SMILES string of the molecule is CCCC1CCN(C(=O)c2ccc(N)cc2C)C1. The van der Waals surface area contributed by atoms with E-state index in [-0.39, 0.29) is 5.91 Å². The number of nitrogens with two attached hydrogens (primary N) is 1. The van der Waals surface area contributed by atoms with Crippen LogP contribution < -0.4 is 5.73 Å². The highest BCUT2D eigenvalue weighted by Gasteiger charge is 2.26. The number of nitrogen functional groups attached to an aromatic ring is 1. The lowest BCUT2D eigenvalue weighted by atomic mass is 10.0. The molecule has 1 aliphatic rings. The Labute approximate surface area is 109 Å². The highest BCUT2D eigenvalue weighted by atomic mass is 16.2. The van der Waals surface area contributed by atoms with Crippen LogP contribution in [0.25, 0.3) is 0 Å². The van der Waals surface area contributed by atoms with Crippen molar-refractivity contribution in [3.8, 4) is 0 Å². The fourth-order valence-corrected chi connectivity index (χ4v) is 2.76. The Morgan fingerprint density at radius 2 is 2.28 bits per heavy atom. The average molecular weight is 246 g/mol. The second-order valence-corrected chi connectivity index (χ2v) is 5.27. The average Bonchev–Trinajstić information content (AvgIpc) is 2.77. The van der Waals surface area contributed by atoms with Gasteiger partial charge in [-0.2, -0.15) is 0 Å². The minimum atomic E-state index is 0.158. The van der Waals surface area contributed by atoms with Crippen molar-refractivity contribution < 1.29 is 4.79 Å². The van der Waals surface area contributed by atoms with Crippen LogP contribution in [-0.4, -0.2) is 23.9 Å². The van der Waals surface area contributed by atoms with Gasteiger partial charge in [-0.25, -0.2) is 0 Å². The molecule has 1 heterocycles. The quantitative estimate of drug-likeness (QED) is 0.834. The Hall–Kier alpha value is -1.51. The molecule has 1 amide bonds. The van der Waals surface area contributed by atoms with Gasteiger partial charge in [-0.1, -0.05) is 13.3 Å². The Morgan fingerprint density at radius 1 is 1.50 bits per heavy atom. The molecule has 1 aromatic rings. The molecule has 0 saturated carbocycles. The molecule has 0 radical (unpaired) electrons. The second kappa shape index (κ2) is 5.42. The molecular weight excluding hydrogens is 224 g/mol. The van der Waals surface area contributed by atoms with Crippen LogP contribution in [-0.2, 0) is 0 Å². The molecule has 0 spiro atoms. The summed E-state index contributed by atoms with van der Waals surface area (Å²) in [5.41, 5.74) is 8.20. The van der Waals surface area contributed by atoms with E-state index in [9.17, 15) is 4.79 Å². The monoisotopic (exact) mass is 246 g/mol. The van der Waals surface area contributed by atoms with E-state index < -0.39 is 0 Å². The van der Waals surface area contributed by atoms with E-state index in [1.165, 1.54) is 12.8 Å². The van der Waals surface area contributed by atoms with Gasteiger partial charge in [0.2, 0.25) is 0 Å². The van der Waals surface area contributed by atoms with Crippen LogP contribution in [0.3, 0.4) is 0 Å². The zero-order valence-electron chi connectivity index (χ0n) is 11.3. The van der Waals surface area contributed by atoms with Gasteiger partial charge >= 0.3 is 0 Å². The number of carbonyl (C=O) groups is 1. The number of anilines is 1. The van der Waals surface area contributed by atoms with Gasteiger partial charge in [0.05, 0.1) is 0 Å². The minimum Gasteiger partial charge on any atom is -0.399 e. The van der Waals surface area contributed by atoms with Crippen molar-refractivity contribution in [3.63, 3.8) is 0 Å². The van der Waals surface area contributed by atoms with Gasteiger partial charge in [0.15, 0.2) is 0 Å². The standard InChI is InChI=1S/C15H22N2O/c1-3-4-12-7-8-17(10-12)15(18)14-6-5-13(16)9-11(14)2/h5-6,9,12H,3-4,7-8,10,16H2,1-2H3. The smallest absolute Gasteiger partial charge is 0.254 e. The summed E-state index contributed by atoms with van der Waals surface area (Å²) < 4.78 is 0. The van der Waals surface area contributed by atoms with Crippen molar-refractivity contribution in [3.05, 3.63) is 29.3 Å². The van der Waals surface area contributed by atoms with Crippen LogP contribution >= 0.6 is 0 Å². The first kappa shape index (κ1) is 12.9. The number of aryl methyl sites for hydroxylation is 1. The van der Waals surface area contributed by atoms with Gasteiger partial charge in [0.25, 0.3) is 5.91 Å². The van der Waals surface area contributed by atoms with Gasteiger partial charge in [0.1, 0.15) is 0 Å². The Balaban J connectivity index is 2.08. The van der Waals surface area contributed by atoms with Crippen LogP contribution in [0.15, 0.2) is 18.2 Å². The summed E-state index contributed by atoms with van der Waals surface area (Å²) >= 11 is 0. The van der Waals surface area contributed by atoms with Crippen LogP contribution in [0.1, 0.15) is 42.1 Å². The van der Waals surface area contributed by atoms with Gasteiger partial charge < -0.3 is 10.6 Å². The fraction of sp³-hybridized carbons (Fsp3) is 0.533. The van der Waals surface area contributed by atoms with E-state index in [0.717, 1.165) is 30.6 Å². The molecule has 3 nitrogen and oxygen atoms in total. The number of benzene rings is 1. The number of hydrogen-bond acceptors (Lipinski definition) is 2. The maximum atomic E-state index is 12.4. The number of carbonyl (C=O) groups excluding carboxylic acids is 1. The Bertz CT molecular complexity index is 442. The maximum absolute atomic E-state index is 12.4. The van der Waals surface area contributed by atoms with Crippen molar-refractivity contribution in [2.75, 3.05) is 18.8 Å². The molecule has 0 aliphatic carbocycles. The molecule has 0 aromatic heterocycles. The molecule has 2 rings (SSSR count). The Kier molecular flexibility index (Phi) is 3.90. The van der Waals surface area contributed by atoms with Crippen molar-refractivity contribution >= 4 is 11.6 Å². The van der Waals surface area contributed by atoms with E-state index in [2.05, 4.69) is 6.92 Å². The number of likely N-dealkylation sites (tertiary alicyclic amines) is 1. The van der Waals surface area contributed by atoms with E-state index in [4.69, 9.17) is 5.73 Å². The van der Waals surface area contributed by atoms with Crippen molar-refractivity contribution in [1.82, 2.24) is 4.90 Å². The molecule has 18 heavy (non-hydrogen) atoms. The molecule has 1 unspecified atom stereocenters. The first-order chi connectivity index (χ1) is 8.61. The van der Waals surface area contributed by atoms with Gasteiger partial charge in [-0.15, -0.1) is 0 Å². The summed E-state index contributed by atoms with van der Waals surface area (Å²) in [6.45, 7) is 5.96. The first-order valence-corrected chi connectivity index (χ1v) is 6.77. The highest BCUT2D eigenvalue weighted by molar-refractivity contribution is 5.96. The third-order valence-electron chi connectivity index (χ3n) is 3.75. The van der Waals surface area contributed by atoms with Crippen molar-refractivity contribution in [2.24, 2.45) is 5.92 Å². The van der Waals surface area contributed by atoms with E-state index in [0.29, 0.717) is 11.6 Å². The number of amides is 1. The Morgan fingerprint density at radius 3 is 2.94 bits per heavy atom.